The topological polar surface area (TPSA) is 101 Å². The largest absolute Gasteiger partial charge is 0.497 e. The van der Waals surface area contributed by atoms with Crippen LogP contribution >= 0.6 is 23.2 Å². The number of hydrogen-bond acceptors (Lipinski definition) is 8. The molecule has 2 fully saturated rings. The third-order valence-corrected chi connectivity index (χ3v) is 15.2. The monoisotopic (exact) mass is 998 g/mol. The minimum atomic E-state index is 0.562. The lowest BCUT2D eigenvalue weighted by Gasteiger charge is -2.53. The van der Waals surface area contributed by atoms with Crippen molar-refractivity contribution in [3.8, 4) is 79.5 Å². The fraction of sp³-hybridized carbons (Fsp3) is 0.368. The van der Waals surface area contributed by atoms with Crippen molar-refractivity contribution in [1.82, 2.24) is 29.7 Å². The molecule has 12 nitrogen and oxygen atoms in total. The number of hydrogen-bond donors (Lipinski definition) is 2. The van der Waals surface area contributed by atoms with Crippen molar-refractivity contribution in [3.05, 3.63) is 131 Å². The van der Waals surface area contributed by atoms with Gasteiger partial charge in [0, 0.05) is 72.3 Å². The van der Waals surface area contributed by atoms with Crippen LogP contribution in [0.5, 0.6) is 23.0 Å². The standard InChI is InChI=1S/C57H68Cl2N8O4/c1-41-53(42-15-7-6-8-16-42)61-56(60-41)45-21-24-52(51(59)39-45)71-36-14-32-67(30-12-26-65(3)28-34-67)66(29-11-25-64(2)27-33-66)31-13-35-70-48-22-23-49(50(58)40-48)57-62-54(43-17-9-19-46(37-43)68-4)55(63-57)44-18-10-20-47(38-44)69-5/h6-10,15-24,37-40H,11-14,25-36H2,1-5H3,(H,60,61)(H,62,63)/q+2. The number of ether oxygens (including phenoxy) is 4. The smallest absolute Gasteiger partial charge is 0.140 e. The quantitative estimate of drug-likeness (QED) is 0.0648. The number of rotatable bonds is 18. The van der Waals surface area contributed by atoms with Crippen molar-refractivity contribution in [2.75, 3.05) is 107 Å². The second-order valence-electron chi connectivity index (χ2n) is 19.2. The van der Waals surface area contributed by atoms with Gasteiger partial charge in [0.25, 0.3) is 0 Å². The molecule has 2 saturated heterocycles. The number of aryl methyl sites for hydroxylation is 1. The predicted molar refractivity (Wildman–Crippen MR) is 286 cm³/mol. The van der Waals surface area contributed by atoms with Gasteiger partial charge in [-0.2, -0.15) is 9.18 Å². The molecule has 0 bridgehead atoms. The minimum absolute atomic E-state index is 0.562. The van der Waals surface area contributed by atoms with Gasteiger partial charge < -0.3 is 38.7 Å². The van der Waals surface area contributed by atoms with Crippen LogP contribution < -0.4 is 18.9 Å². The molecule has 0 amide bonds. The van der Waals surface area contributed by atoms with Crippen molar-refractivity contribution < 1.29 is 28.1 Å². The highest BCUT2D eigenvalue weighted by atomic mass is 35.5. The number of H-pyrrole nitrogens is 2. The third-order valence-electron chi connectivity index (χ3n) is 14.6. The van der Waals surface area contributed by atoms with E-state index >= 15 is 0 Å². The summed E-state index contributed by atoms with van der Waals surface area (Å²) in [5, 5.41) is 1.15. The van der Waals surface area contributed by atoms with Gasteiger partial charge in [-0.3, -0.25) is 0 Å². The van der Waals surface area contributed by atoms with E-state index in [1.54, 1.807) is 14.2 Å². The van der Waals surface area contributed by atoms with E-state index in [1.807, 2.05) is 103 Å². The fourth-order valence-electron chi connectivity index (χ4n) is 10.7. The first-order chi connectivity index (χ1) is 34.6. The Morgan fingerprint density at radius 2 is 1.17 bits per heavy atom. The lowest BCUT2D eigenvalue weighted by atomic mass is 10.0. The number of aromatic amines is 2. The molecule has 71 heavy (non-hydrogen) atoms. The second kappa shape index (κ2) is 22.7. The SMILES string of the molecule is COc1cccc(-c2nc(-c3ccc(OCCC[N+]4([N+]5(CCCOc6ccc(-c7nc(-c8ccccc8)c(C)[nH]7)cc6Cl)CCCN(C)CC5)CCCN(C)CC4)cc3Cl)[nH]c2-c2cccc(OC)c2)c1. The maximum absolute atomic E-state index is 7.10. The number of halogens is 2. The first-order valence-corrected chi connectivity index (χ1v) is 25.8. The predicted octanol–water partition coefficient (Wildman–Crippen LogP) is 11.6. The molecule has 2 aliphatic rings. The number of quaternary nitrogens is 2. The van der Waals surface area contributed by atoms with Crippen LogP contribution in [-0.2, 0) is 0 Å². The summed E-state index contributed by atoms with van der Waals surface area (Å²) >= 11 is 14.0. The molecule has 372 valence electrons. The van der Waals surface area contributed by atoms with Crippen LogP contribution in [0, 0.1) is 6.92 Å². The van der Waals surface area contributed by atoms with Crippen molar-refractivity contribution >= 4 is 23.2 Å². The van der Waals surface area contributed by atoms with Gasteiger partial charge in [-0.05, 0) is 81.7 Å². The number of nitrogens with zero attached hydrogens (tertiary/aromatic N) is 6. The van der Waals surface area contributed by atoms with Crippen molar-refractivity contribution in [2.24, 2.45) is 0 Å². The summed E-state index contributed by atoms with van der Waals surface area (Å²) in [6.45, 7) is 14.2. The lowest BCUT2D eigenvalue weighted by Crippen LogP contribution is -2.75. The number of methoxy groups -OCH3 is 2. The summed E-state index contributed by atoms with van der Waals surface area (Å²) in [4.78, 5) is 22.1. The van der Waals surface area contributed by atoms with Crippen molar-refractivity contribution in [2.45, 2.75) is 32.6 Å². The lowest BCUT2D eigenvalue weighted by molar-refractivity contribution is -1.49. The van der Waals surface area contributed by atoms with Crippen molar-refractivity contribution in [1.29, 1.82) is 0 Å². The second-order valence-corrected chi connectivity index (χ2v) is 20.0. The molecule has 0 spiro atoms. The van der Waals surface area contributed by atoms with E-state index in [4.69, 9.17) is 52.1 Å². The zero-order valence-electron chi connectivity index (χ0n) is 41.9. The zero-order valence-corrected chi connectivity index (χ0v) is 43.4. The molecule has 5 aromatic carbocycles. The molecule has 2 aliphatic heterocycles. The Labute approximate surface area is 429 Å². The van der Waals surface area contributed by atoms with Gasteiger partial charge >= 0.3 is 0 Å². The van der Waals surface area contributed by atoms with Gasteiger partial charge in [-0.15, -0.1) is 0 Å². The number of imidazole rings is 2. The van der Waals surface area contributed by atoms with Crippen LogP contribution in [0.15, 0.2) is 115 Å². The Morgan fingerprint density at radius 3 is 1.82 bits per heavy atom. The highest BCUT2D eigenvalue weighted by molar-refractivity contribution is 6.33. The molecule has 9 rings (SSSR count). The number of likely N-dealkylation sites (N-methyl/N-ethyl adjacent to an activating group) is 2. The summed E-state index contributed by atoms with van der Waals surface area (Å²) < 4.78 is 26.3. The zero-order chi connectivity index (χ0) is 49.4. The van der Waals surface area contributed by atoms with Gasteiger partial charge in [0.2, 0.25) is 0 Å². The normalized spacial score (nSPS) is 19.0. The number of nitrogens with one attached hydrogen (secondary N) is 2. The average molecular weight is 1000 g/mol. The van der Waals surface area contributed by atoms with E-state index in [9.17, 15) is 0 Å². The Bertz CT molecular complexity index is 2830. The van der Waals surface area contributed by atoms with E-state index in [-0.39, 0.29) is 0 Å². The molecule has 4 heterocycles. The van der Waals surface area contributed by atoms with Crippen LogP contribution in [-0.4, -0.2) is 146 Å². The first kappa shape index (κ1) is 50.1. The van der Waals surface area contributed by atoms with Gasteiger partial charge in [-0.25, -0.2) is 9.97 Å². The summed E-state index contributed by atoms with van der Waals surface area (Å²) in [5.41, 5.74) is 8.29. The maximum atomic E-state index is 7.10. The van der Waals surface area contributed by atoms with Crippen LogP contribution in [0.3, 0.4) is 0 Å². The third kappa shape index (κ3) is 11.4. The molecule has 7 aromatic rings. The molecular weight excluding hydrogens is 932 g/mol. The summed E-state index contributed by atoms with van der Waals surface area (Å²) in [6.07, 6.45) is 4.17. The van der Waals surface area contributed by atoms with Crippen LogP contribution in [0.4, 0.5) is 0 Å². The minimum Gasteiger partial charge on any atom is -0.497 e. The van der Waals surface area contributed by atoms with Crippen LogP contribution in [0.2, 0.25) is 10.0 Å². The molecule has 2 atom stereocenters. The van der Waals surface area contributed by atoms with Gasteiger partial charge in [-0.1, -0.05) is 77.8 Å². The van der Waals surface area contributed by atoms with E-state index < -0.39 is 0 Å². The average Bonchev–Trinajstić information content (AvgIpc) is 3.89. The Morgan fingerprint density at radius 1 is 0.549 bits per heavy atom. The Hall–Kier alpha value is -5.86. The maximum Gasteiger partial charge on any atom is 0.140 e. The number of benzene rings is 5. The number of aromatic nitrogens is 4. The fourth-order valence-corrected chi connectivity index (χ4v) is 11.2. The molecular formula is C57H68Cl2N8O4+2. The molecule has 2 unspecified atom stereocenters. The Balaban J connectivity index is 0.882. The van der Waals surface area contributed by atoms with Crippen LogP contribution in [0.1, 0.15) is 31.4 Å². The molecule has 2 aromatic heterocycles. The van der Waals surface area contributed by atoms with Gasteiger partial charge in [0.05, 0.1) is 67.6 Å². The highest BCUT2D eigenvalue weighted by Gasteiger charge is 2.50. The van der Waals surface area contributed by atoms with Gasteiger partial charge in [0.15, 0.2) is 0 Å². The summed E-state index contributed by atoms with van der Waals surface area (Å²) in [6, 6.07) is 38.0. The van der Waals surface area contributed by atoms with Gasteiger partial charge in [0.1, 0.15) is 73.9 Å². The van der Waals surface area contributed by atoms with E-state index in [1.165, 1.54) is 0 Å². The Kier molecular flexibility index (Phi) is 16.0. The van der Waals surface area contributed by atoms with E-state index in [2.05, 4.69) is 52.9 Å². The first-order valence-electron chi connectivity index (χ1n) is 25.0. The molecule has 0 aliphatic carbocycles. The molecule has 2 N–H and O–H groups in total. The molecule has 0 saturated carbocycles. The van der Waals surface area contributed by atoms with E-state index in [0.29, 0.717) is 34.8 Å². The highest BCUT2D eigenvalue weighted by Crippen LogP contribution is 2.39. The van der Waals surface area contributed by atoms with Crippen LogP contribution in [0.25, 0.3) is 56.5 Å². The van der Waals surface area contributed by atoms with Crippen molar-refractivity contribution in [3.63, 3.8) is 0 Å². The summed E-state index contributed by atoms with van der Waals surface area (Å²) in [7, 11) is 7.89. The molecule has 0 radical (unpaired) electrons. The van der Waals surface area contributed by atoms with E-state index in [0.717, 1.165) is 174 Å². The molecule has 14 heteroatoms. The summed E-state index contributed by atoms with van der Waals surface area (Å²) in [5.74, 6) is 4.42.